The van der Waals surface area contributed by atoms with E-state index in [0.717, 1.165) is 17.0 Å². The van der Waals surface area contributed by atoms with Crippen LogP contribution in [0.5, 0.6) is 0 Å². The second-order valence-corrected chi connectivity index (χ2v) is 5.47. The van der Waals surface area contributed by atoms with Gasteiger partial charge in [0, 0.05) is 30.9 Å². The molecule has 1 atom stereocenters. The molecule has 2 rings (SSSR count). The van der Waals surface area contributed by atoms with Gasteiger partial charge in [0.1, 0.15) is 5.82 Å². The minimum Gasteiger partial charge on any atom is -0.306 e. The lowest BCUT2D eigenvalue weighted by molar-refractivity contribution is 0.564. The van der Waals surface area contributed by atoms with Crippen LogP contribution in [0.15, 0.2) is 18.2 Å². The molecule has 1 N–H and O–H groups in total. The van der Waals surface area contributed by atoms with Gasteiger partial charge in [-0.05, 0) is 38.5 Å². The molecule has 1 aromatic carbocycles. The summed E-state index contributed by atoms with van der Waals surface area (Å²) >= 11 is 5.68. The van der Waals surface area contributed by atoms with E-state index in [-0.39, 0.29) is 16.9 Å². The predicted molar refractivity (Wildman–Crippen MR) is 79.3 cm³/mol. The minimum absolute atomic E-state index is 0.153. The van der Waals surface area contributed by atoms with Gasteiger partial charge >= 0.3 is 0 Å². The molecule has 0 amide bonds. The van der Waals surface area contributed by atoms with Crippen molar-refractivity contribution in [2.45, 2.75) is 33.4 Å². The maximum absolute atomic E-state index is 13.4. The summed E-state index contributed by atoms with van der Waals surface area (Å²) in [5.41, 5.74) is 4.23. The molecular formula is C15H19ClFN3. The first-order valence-corrected chi connectivity index (χ1v) is 6.95. The van der Waals surface area contributed by atoms with Gasteiger partial charge in [-0.2, -0.15) is 5.10 Å². The van der Waals surface area contributed by atoms with E-state index < -0.39 is 0 Å². The van der Waals surface area contributed by atoms with Gasteiger partial charge in [-0.15, -0.1) is 0 Å². The molecule has 0 saturated heterocycles. The second-order valence-electron chi connectivity index (χ2n) is 5.06. The van der Waals surface area contributed by atoms with Crippen LogP contribution in [0, 0.1) is 19.7 Å². The normalized spacial score (nSPS) is 12.7. The van der Waals surface area contributed by atoms with Gasteiger partial charge in [0.05, 0.1) is 10.7 Å². The molecular weight excluding hydrogens is 277 g/mol. The van der Waals surface area contributed by atoms with Crippen LogP contribution < -0.4 is 5.32 Å². The third-order valence-electron chi connectivity index (χ3n) is 3.59. The SMILES string of the molecule is Cc1nn(C)c(C)c1[C@@H](C)NCc1ccc(Cl)c(F)c1. The Labute approximate surface area is 123 Å². The van der Waals surface area contributed by atoms with Crippen molar-refractivity contribution in [3.8, 4) is 0 Å². The van der Waals surface area contributed by atoms with E-state index in [0.29, 0.717) is 6.54 Å². The van der Waals surface area contributed by atoms with Crippen LogP contribution in [0.25, 0.3) is 0 Å². The van der Waals surface area contributed by atoms with Gasteiger partial charge in [0.15, 0.2) is 0 Å². The minimum atomic E-state index is -0.382. The molecule has 0 fully saturated rings. The maximum Gasteiger partial charge on any atom is 0.142 e. The van der Waals surface area contributed by atoms with Gasteiger partial charge in [0.25, 0.3) is 0 Å². The summed E-state index contributed by atoms with van der Waals surface area (Å²) in [6.07, 6.45) is 0. The highest BCUT2D eigenvalue weighted by Gasteiger charge is 2.15. The van der Waals surface area contributed by atoms with E-state index in [4.69, 9.17) is 11.6 Å². The van der Waals surface area contributed by atoms with Crippen LogP contribution >= 0.6 is 11.6 Å². The Kier molecular flexibility index (Phi) is 4.45. The number of halogens is 2. The zero-order chi connectivity index (χ0) is 14.9. The summed E-state index contributed by atoms with van der Waals surface area (Å²) in [6.45, 7) is 6.73. The molecule has 3 nitrogen and oxygen atoms in total. The second kappa shape index (κ2) is 5.94. The molecule has 0 spiro atoms. The van der Waals surface area contributed by atoms with Gasteiger partial charge in [-0.25, -0.2) is 4.39 Å². The first-order valence-electron chi connectivity index (χ1n) is 6.57. The number of nitrogens with zero attached hydrogens (tertiary/aromatic N) is 2. The Hall–Kier alpha value is -1.39. The largest absolute Gasteiger partial charge is 0.306 e. The monoisotopic (exact) mass is 295 g/mol. The Morgan fingerprint density at radius 3 is 2.65 bits per heavy atom. The molecule has 20 heavy (non-hydrogen) atoms. The van der Waals surface area contributed by atoms with Crippen LogP contribution in [0.2, 0.25) is 5.02 Å². The van der Waals surface area contributed by atoms with Crippen molar-refractivity contribution in [2.24, 2.45) is 7.05 Å². The molecule has 0 aliphatic carbocycles. The van der Waals surface area contributed by atoms with E-state index >= 15 is 0 Å². The van der Waals surface area contributed by atoms with Crippen molar-refractivity contribution in [2.75, 3.05) is 0 Å². The molecule has 0 radical (unpaired) electrons. The van der Waals surface area contributed by atoms with Crippen molar-refractivity contribution in [1.29, 1.82) is 0 Å². The van der Waals surface area contributed by atoms with E-state index in [9.17, 15) is 4.39 Å². The molecule has 0 aliphatic heterocycles. The highest BCUT2D eigenvalue weighted by molar-refractivity contribution is 6.30. The van der Waals surface area contributed by atoms with E-state index in [1.54, 1.807) is 6.07 Å². The molecule has 0 unspecified atom stereocenters. The third-order valence-corrected chi connectivity index (χ3v) is 3.90. The average molecular weight is 296 g/mol. The van der Waals surface area contributed by atoms with E-state index in [2.05, 4.69) is 24.3 Å². The fourth-order valence-corrected chi connectivity index (χ4v) is 2.56. The fourth-order valence-electron chi connectivity index (χ4n) is 2.44. The topological polar surface area (TPSA) is 29.9 Å². The molecule has 2 aromatic rings. The number of aromatic nitrogens is 2. The van der Waals surface area contributed by atoms with Gasteiger partial charge in [0.2, 0.25) is 0 Å². The van der Waals surface area contributed by atoms with Crippen molar-refractivity contribution < 1.29 is 4.39 Å². The first kappa shape index (κ1) is 15.0. The summed E-state index contributed by atoms with van der Waals surface area (Å²) in [6, 6.07) is 5.03. The Morgan fingerprint density at radius 1 is 1.40 bits per heavy atom. The lowest BCUT2D eigenvalue weighted by Gasteiger charge is -2.15. The summed E-state index contributed by atoms with van der Waals surface area (Å²) in [5.74, 6) is -0.382. The summed E-state index contributed by atoms with van der Waals surface area (Å²) in [7, 11) is 1.94. The Bertz CT molecular complexity index is 622. The zero-order valence-corrected chi connectivity index (χ0v) is 12.9. The van der Waals surface area contributed by atoms with Crippen molar-refractivity contribution in [3.05, 3.63) is 51.6 Å². The summed E-state index contributed by atoms with van der Waals surface area (Å²) < 4.78 is 15.3. The quantitative estimate of drug-likeness (QED) is 0.932. The lowest BCUT2D eigenvalue weighted by atomic mass is 10.1. The van der Waals surface area contributed by atoms with Crippen LogP contribution in [-0.2, 0) is 13.6 Å². The molecule has 0 saturated carbocycles. The average Bonchev–Trinajstić information content (AvgIpc) is 2.64. The Balaban J connectivity index is 2.08. The van der Waals surface area contributed by atoms with Crippen LogP contribution in [0.1, 0.15) is 35.5 Å². The maximum atomic E-state index is 13.4. The van der Waals surface area contributed by atoms with E-state index in [1.807, 2.05) is 24.7 Å². The predicted octanol–water partition coefficient (Wildman–Crippen LogP) is 3.68. The molecule has 108 valence electrons. The van der Waals surface area contributed by atoms with Crippen LogP contribution in [0.4, 0.5) is 4.39 Å². The molecule has 0 aliphatic rings. The highest BCUT2D eigenvalue weighted by Crippen LogP contribution is 2.21. The Morgan fingerprint density at radius 2 is 2.10 bits per heavy atom. The summed E-state index contributed by atoms with van der Waals surface area (Å²) in [4.78, 5) is 0. The lowest BCUT2D eigenvalue weighted by Crippen LogP contribution is -2.19. The standard InChI is InChI=1S/C15H19ClFN3/c1-9(15-10(2)19-20(4)11(15)3)18-8-12-5-6-13(16)14(17)7-12/h5-7,9,18H,8H2,1-4H3/t9-/m1/s1. The van der Waals surface area contributed by atoms with Crippen LogP contribution in [0.3, 0.4) is 0 Å². The highest BCUT2D eigenvalue weighted by atomic mass is 35.5. The number of benzene rings is 1. The van der Waals surface area contributed by atoms with Crippen molar-refractivity contribution in [1.82, 2.24) is 15.1 Å². The number of nitrogens with one attached hydrogen (secondary N) is 1. The zero-order valence-electron chi connectivity index (χ0n) is 12.2. The number of aryl methyl sites for hydroxylation is 2. The van der Waals surface area contributed by atoms with Crippen LogP contribution in [-0.4, -0.2) is 9.78 Å². The number of rotatable bonds is 4. The van der Waals surface area contributed by atoms with Gasteiger partial charge < -0.3 is 5.32 Å². The third kappa shape index (κ3) is 3.02. The van der Waals surface area contributed by atoms with E-state index in [1.165, 1.54) is 11.6 Å². The van der Waals surface area contributed by atoms with Gasteiger partial charge in [-0.3, -0.25) is 4.68 Å². The fraction of sp³-hybridized carbons (Fsp3) is 0.400. The first-order chi connectivity index (χ1) is 9.40. The van der Waals surface area contributed by atoms with Gasteiger partial charge in [-0.1, -0.05) is 17.7 Å². The van der Waals surface area contributed by atoms with Crippen molar-refractivity contribution >= 4 is 11.6 Å². The number of hydrogen-bond donors (Lipinski definition) is 1. The smallest absolute Gasteiger partial charge is 0.142 e. The molecule has 0 bridgehead atoms. The summed E-state index contributed by atoms with van der Waals surface area (Å²) in [5, 5.41) is 7.96. The molecule has 1 heterocycles. The van der Waals surface area contributed by atoms with Crippen molar-refractivity contribution in [3.63, 3.8) is 0 Å². The molecule has 5 heteroatoms. The number of hydrogen-bond acceptors (Lipinski definition) is 2. The molecule has 1 aromatic heterocycles.